The van der Waals surface area contributed by atoms with Crippen molar-refractivity contribution in [2.75, 3.05) is 45.2 Å². The van der Waals surface area contributed by atoms with E-state index in [1.54, 1.807) is 12.0 Å². The lowest BCUT2D eigenvalue weighted by Gasteiger charge is -2.34. The molecule has 2 amide bonds. The standard InChI is InChI=1S/C21H23ClN4O5/c1-31-17-4-2-3-15(11-17)12-21(28)25-9-7-24(8-10-25)14-20(27)23-16-5-6-18(22)19(13-16)26(29)30/h2-6,11,13H,7-10,12,14H2,1H3,(H,23,27). The molecule has 2 aromatic rings. The number of nitrogens with zero attached hydrogens (tertiary/aromatic N) is 3. The van der Waals surface area contributed by atoms with Gasteiger partial charge >= 0.3 is 0 Å². The number of amides is 2. The monoisotopic (exact) mass is 446 g/mol. The number of halogens is 1. The van der Waals surface area contributed by atoms with Gasteiger partial charge in [-0.1, -0.05) is 23.7 Å². The number of methoxy groups -OCH3 is 1. The molecule has 1 N–H and O–H groups in total. The van der Waals surface area contributed by atoms with E-state index in [1.165, 1.54) is 18.2 Å². The quantitative estimate of drug-likeness (QED) is 0.517. The fourth-order valence-electron chi connectivity index (χ4n) is 3.36. The molecule has 0 aromatic heterocycles. The van der Waals surface area contributed by atoms with E-state index in [0.717, 1.165) is 5.56 Å². The van der Waals surface area contributed by atoms with Crippen LogP contribution in [-0.4, -0.2) is 66.4 Å². The third kappa shape index (κ3) is 6.16. The molecule has 1 fully saturated rings. The molecule has 3 rings (SSSR count). The smallest absolute Gasteiger partial charge is 0.289 e. The summed E-state index contributed by atoms with van der Waals surface area (Å²) in [5.74, 6) is 0.464. The Hall–Kier alpha value is -3.17. The predicted molar refractivity (Wildman–Crippen MR) is 116 cm³/mol. The minimum absolute atomic E-state index is 0.0118. The number of hydrogen-bond acceptors (Lipinski definition) is 6. The molecule has 1 heterocycles. The van der Waals surface area contributed by atoms with Crippen molar-refractivity contribution in [1.29, 1.82) is 0 Å². The van der Waals surface area contributed by atoms with E-state index in [-0.39, 0.29) is 29.1 Å². The fourth-order valence-corrected chi connectivity index (χ4v) is 3.54. The number of carbonyl (C=O) groups is 2. The number of rotatable bonds is 7. The second-order valence-corrected chi connectivity index (χ2v) is 7.56. The number of nitrogens with one attached hydrogen (secondary N) is 1. The summed E-state index contributed by atoms with van der Waals surface area (Å²) in [5.41, 5.74) is 0.944. The van der Waals surface area contributed by atoms with Gasteiger partial charge in [-0.3, -0.25) is 24.6 Å². The van der Waals surface area contributed by atoms with E-state index in [1.807, 2.05) is 29.2 Å². The van der Waals surface area contributed by atoms with Gasteiger partial charge in [0.1, 0.15) is 10.8 Å². The first-order valence-corrected chi connectivity index (χ1v) is 10.1. The minimum atomic E-state index is -0.597. The first-order valence-electron chi connectivity index (χ1n) is 9.72. The summed E-state index contributed by atoms with van der Waals surface area (Å²) in [7, 11) is 1.59. The molecule has 2 aromatic carbocycles. The van der Waals surface area contributed by atoms with Crippen LogP contribution in [0.1, 0.15) is 5.56 Å². The topological polar surface area (TPSA) is 105 Å². The van der Waals surface area contributed by atoms with Gasteiger partial charge in [-0.05, 0) is 29.8 Å². The molecule has 0 bridgehead atoms. The molecule has 0 aliphatic carbocycles. The van der Waals surface area contributed by atoms with Gasteiger partial charge in [0.2, 0.25) is 11.8 Å². The molecule has 1 aliphatic rings. The molecular formula is C21H23ClN4O5. The van der Waals surface area contributed by atoms with Crippen LogP contribution in [0.3, 0.4) is 0 Å². The van der Waals surface area contributed by atoms with Crippen molar-refractivity contribution < 1.29 is 19.2 Å². The lowest BCUT2D eigenvalue weighted by atomic mass is 10.1. The lowest BCUT2D eigenvalue weighted by molar-refractivity contribution is -0.384. The molecule has 0 spiro atoms. The zero-order valence-corrected chi connectivity index (χ0v) is 17.8. The van der Waals surface area contributed by atoms with Crippen LogP contribution in [0, 0.1) is 10.1 Å². The van der Waals surface area contributed by atoms with E-state index in [2.05, 4.69) is 5.32 Å². The summed E-state index contributed by atoms with van der Waals surface area (Å²) >= 11 is 5.79. The highest BCUT2D eigenvalue weighted by Gasteiger charge is 2.23. The van der Waals surface area contributed by atoms with Gasteiger partial charge < -0.3 is 15.0 Å². The third-order valence-electron chi connectivity index (χ3n) is 5.01. The van der Waals surface area contributed by atoms with E-state index in [9.17, 15) is 19.7 Å². The van der Waals surface area contributed by atoms with E-state index < -0.39 is 4.92 Å². The summed E-state index contributed by atoms with van der Waals surface area (Å²) in [4.78, 5) is 39.0. The minimum Gasteiger partial charge on any atom is -0.497 e. The van der Waals surface area contributed by atoms with Crippen molar-refractivity contribution >= 4 is 34.8 Å². The highest BCUT2D eigenvalue weighted by atomic mass is 35.5. The summed E-state index contributed by atoms with van der Waals surface area (Å²) < 4.78 is 5.19. The number of nitro benzene ring substituents is 1. The zero-order chi connectivity index (χ0) is 22.4. The van der Waals surface area contributed by atoms with Crippen molar-refractivity contribution in [3.63, 3.8) is 0 Å². The molecule has 31 heavy (non-hydrogen) atoms. The number of anilines is 1. The van der Waals surface area contributed by atoms with E-state index in [0.29, 0.717) is 44.0 Å². The Morgan fingerprint density at radius 3 is 2.58 bits per heavy atom. The summed E-state index contributed by atoms with van der Waals surface area (Å²) in [6.07, 6.45) is 0.299. The SMILES string of the molecule is COc1cccc(CC(=O)N2CCN(CC(=O)Nc3ccc(Cl)c([N+](=O)[O-])c3)CC2)c1. The number of ether oxygens (including phenoxy) is 1. The van der Waals surface area contributed by atoms with Crippen LogP contribution in [0.5, 0.6) is 5.75 Å². The normalized spacial score (nSPS) is 14.2. The Balaban J connectivity index is 1.47. The largest absolute Gasteiger partial charge is 0.497 e. The number of piperazine rings is 1. The average molecular weight is 447 g/mol. The number of benzene rings is 2. The maximum atomic E-state index is 12.6. The van der Waals surface area contributed by atoms with Crippen LogP contribution >= 0.6 is 11.6 Å². The molecule has 0 radical (unpaired) electrons. The molecule has 0 saturated carbocycles. The Labute approximate surface area is 184 Å². The van der Waals surface area contributed by atoms with Crippen LogP contribution in [0.15, 0.2) is 42.5 Å². The van der Waals surface area contributed by atoms with Gasteiger partial charge in [0, 0.05) is 37.9 Å². The van der Waals surface area contributed by atoms with Gasteiger partial charge in [-0.15, -0.1) is 0 Å². The van der Waals surface area contributed by atoms with Crippen LogP contribution in [-0.2, 0) is 16.0 Å². The van der Waals surface area contributed by atoms with E-state index >= 15 is 0 Å². The number of hydrogen-bond donors (Lipinski definition) is 1. The van der Waals surface area contributed by atoms with Crippen molar-refractivity contribution in [2.24, 2.45) is 0 Å². The molecule has 10 heteroatoms. The number of nitro groups is 1. The average Bonchev–Trinajstić information content (AvgIpc) is 2.75. The molecule has 0 unspecified atom stereocenters. The van der Waals surface area contributed by atoms with Crippen molar-refractivity contribution in [3.05, 3.63) is 63.2 Å². The predicted octanol–water partition coefficient (Wildman–Crippen LogP) is 2.58. The Bertz CT molecular complexity index is 976. The molecule has 9 nitrogen and oxygen atoms in total. The summed E-state index contributed by atoms with van der Waals surface area (Å²) in [6, 6.07) is 11.6. The second-order valence-electron chi connectivity index (χ2n) is 7.16. The van der Waals surface area contributed by atoms with E-state index in [4.69, 9.17) is 16.3 Å². The highest BCUT2D eigenvalue weighted by Crippen LogP contribution is 2.27. The van der Waals surface area contributed by atoms with Crippen molar-refractivity contribution in [3.8, 4) is 5.75 Å². The zero-order valence-electron chi connectivity index (χ0n) is 17.0. The third-order valence-corrected chi connectivity index (χ3v) is 5.33. The highest BCUT2D eigenvalue weighted by molar-refractivity contribution is 6.32. The first kappa shape index (κ1) is 22.5. The van der Waals surface area contributed by atoms with Crippen molar-refractivity contribution in [1.82, 2.24) is 9.80 Å². The second kappa shape index (κ2) is 10.2. The Morgan fingerprint density at radius 1 is 1.16 bits per heavy atom. The Morgan fingerprint density at radius 2 is 1.90 bits per heavy atom. The molecule has 1 aliphatic heterocycles. The molecule has 0 atom stereocenters. The number of carbonyl (C=O) groups excluding carboxylic acids is 2. The van der Waals surface area contributed by atoms with Gasteiger partial charge in [-0.25, -0.2) is 0 Å². The fraction of sp³-hybridized carbons (Fsp3) is 0.333. The van der Waals surface area contributed by atoms with Crippen LogP contribution < -0.4 is 10.1 Å². The van der Waals surface area contributed by atoms with Crippen LogP contribution in [0.25, 0.3) is 0 Å². The van der Waals surface area contributed by atoms with Crippen molar-refractivity contribution in [2.45, 2.75) is 6.42 Å². The van der Waals surface area contributed by atoms with Gasteiger partial charge in [0.05, 0.1) is 25.0 Å². The first-order chi connectivity index (χ1) is 14.9. The lowest BCUT2D eigenvalue weighted by Crippen LogP contribution is -2.50. The maximum Gasteiger partial charge on any atom is 0.289 e. The maximum absolute atomic E-state index is 12.6. The van der Waals surface area contributed by atoms with Gasteiger partial charge in [0.25, 0.3) is 5.69 Å². The summed E-state index contributed by atoms with van der Waals surface area (Å²) in [5, 5.41) is 13.6. The molecule has 1 saturated heterocycles. The molecule has 164 valence electrons. The Kier molecular flexibility index (Phi) is 7.43. The van der Waals surface area contributed by atoms with Gasteiger partial charge in [-0.2, -0.15) is 0 Å². The van der Waals surface area contributed by atoms with Crippen LogP contribution in [0.2, 0.25) is 5.02 Å². The van der Waals surface area contributed by atoms with Crippen LogP contribution in [0.4, 0.5) is 11.4 Å². The van der Waals surface area contributed by atoms with Gasteiger partial charge in [0.15, 0.2) is 0 Å². The summed E-state index contributed by atoms with van der Waals surface area (Å²) in [6.45, 7) is 2.33. The molecular weight excluding hydrogens is 424 g/mol.